The molecule has 2 aromatic carbocycles. The number of hydrogen-bond acceptors (Lipinski definition) is 4. The van der Waals surface area contributed by atoms with Crippen LogP contribution in [0.25, 0.3) is 5.57 Å². The topological polar surface area (TPSA) is 70.6 Å². The molecule has 0 aliphatic carbocycles. The van der Waals surface area contributed by atoms with Crippen molar-refractivity contribution >= 4 is 17.2 Å². The minimum Gasteiger partial charge on any atom is -0.395 e. The first-order valence-electron chi connectivity index (χ1n) is 9.80. The summed E-state index contributed by atoms with van der Waals surface area (Å²) in [5.41, 5.74) is 3.87. The van der Waals surface area contributed by atoms with Gasteiger partial charge < -0.3 is 20.5 Å². The van der Waals surface area contributed by atoms with Crippen LogP contribution in [-0.4, -0.2) is 35.9 Å². The van der Waals surface area contributed by atoms with Gasteiger partial charge in [0.05, 0.1) is 24.2 Å². The van der Waals surface area contributed by atoms with Crippen molar-refractivity contribution in [2.75, 3.05) is 18.5 Å². The average Bonchev–Trinajstić information content (AvgIpc) is 3.17. The highest BCUT2D eigenvalue weighted by Crippen LogP contribution is 2.45. The number of carbonyl (C=O) groups is 1. The molecule has 0 radical (unpaired) electrons. The third kappa shape index (κ3) is 3.83. The summed E-state index contributed by atoms with van der Waals surface area (Å²) in [5.74, 6) is -1.11. The van der Waals surface area contributed by atoms with Crippen molar-refractivity contribution in [1.29, 1.82) is 0 Å². The van der Waals surface area contributed by atoms with E-state index in [4.69, 9.17) is 9.84 Å². The van der Waals surface area contributed by atoms with Gasteiger partial charge in [-0.25, -0.2) is 4.39 Å². The minimum absolute atomic E-state index is 0.111. The van der Waals surface area contributed by atoms with Gasteiger partial charge in [0.2, 0.25) is 5.91 Å². The van der Waals surface area contributed by atoms with Crippen molar-refractivity contribution < 1.29 is 19.0 Å². The Morgan fingerprint density at radius 2 is 1.97 bits per heavy atom. The van der Waals surface area contributed by atoms with Crippen LogP contribution >= 0.6 is 0 Å². The predicted octanol–water partition coefficient (Wildman–Crippen LogP) is 3.20. The molecule has 0 fully saturated rings. The minimum atomic E-state index is -0.572. The molecule has 2 heterocycles. The Bertz CT molecular complexity index is 953. The van der Waals surface area contributed by atoms with Crippen molar-refractivity contribution in [3.63, 3.8) is 0 Å². The van der Waals surface area contributed by atoms with Gasteiger partial charge in [-0.05, 0) is 60.4 Å². The molecule has 2 aliphatic heterocycles. The van der Waals surface area contributed by atoms with Crippen LogP contribution in [0.4, 0.5) is 10.1 Å². The number of benzene rings is 2. The molecule has 6 heteroatoms. The van der Waals surface area contributed by atoms with Crippen molar-refractivity contribution in [2.45, 2.75) is 38.0 Å². The van der Waals surface area contributed by atoms with Gasteiger partial charge in [0.1, 0.15) is 5.82 Å². The van der Waals surface area contributed by atoms with Crippen LogP contribution < -0.4 is 10.6 Å². The summed E-state index contributed by atoms with van der Waals surface area (Å²) >= 11 is 0. The Balaban J connectivity index is 1.60. The van der Waals surface area contributed by atoms with E-state index in [0.29, 0.717) is 24.3 Å². The highest BCUT2D eigenvalue weighted by molar-refractivity contribution is 6.03. The highest BCUT2D eigenvalue weighted by atomic mass is 19.1. The standard InChI is InChI=1S/C23H25FN2O3/c1-23(2)18(15-5-3-14(4-6-15)13-25-9-10-27)12-20(29-23)21-17-11-16(24)7-8-19(17)26-22(21)28/h3-8,11-12,20-21,25,27H,9-10,13H2,1-2H3,(H,26,28). The average molecular weight is 396 g/mol. The molecule has 152 valence electrons. The number of rotatable bonds is 6. The van der Waals surface area contributed by atoms with Gasteiger partial charge in [-0.2, -0.15) is 0 Å². The number of amides is 1. The number of aliphatic hydroxyl groups excluding tert-OH is 1. The van der Waals surface area contributed by atoms with E-state index in [0.717, 1.165) is 16.7 Å². The monoisotopic (exact) mass is 396 g/mol. The molecule has 29 heavy (non-hydrogen) atoms. The zero-order chi connectivity index (χ0) is 20.6. The zero-order valence-electron chi connectivity index (χ0n) is 16.5. The van der Waals surface area contributed by atoms with Gasteiger partial charge in [0.25, 0.3) is 0 Å². The molecule has 2 aromatic rings. The maximum Gasteiger partial charge on any atom is 0.234 e. The van der Waals surface area contributed by atoms with E-state index in [-0.39, 0.29) is 18.3 Å². The second-order valence-corrected chi connectivity index (χ2v) is 7.97. The molecule has 1 amide bonds. The quantitative estimate of drug-likeness (QED) is 0.656. The van der Waals surface area contributed by atoms with Crippen molar-refractivity contribution in [1.82, 2.24) is 5.32 Å². The number of carbonyl (C=O) groups excluding carboxylic acids is 1. The highest BCUT2D eigenvalue weighted by Gasteiger charge is 2.44. The van der Waals surface area contributed by atoms with Crippen molar-refractivity contribution in [2.24, 2.45) is 0 Å². The summed E-state index contributed by atoms with van der Waals surface area (Å²) in [7, 11) is 0. The van der Waals surface area contributed by atoms with Crippen LogP contribution in [0.15, 0.2) is 48.5 Å². The first-order chi connectivity index (χ1) is 13.9. The molecule has 4 rings (SSSR count). The van der Waals surface area contributed by atoms with E-state index in [1.54, 1.807) is 6.07 Å². The van der Waals surface area contributed by atoms with Crippen LogP contribution in [0.1, 0.15) is 36.5 Å². The molecule has 2 unspecified atom stereocenters. The van der Waals surface area contributed by atoms with E-state index in [2.05, 4.69) is 10.6 Å². The van der Waals surface area contributed by atoms with Crippen molar-refractivity contribution in [3.05, 3.63) is 71.0 Å². The van der Waals surface area contributed by atoms with Crippen LogP contribution in [-0.2, 0) is 16.1 Å². The molecule has 0 saturated carbocycles. The lowest BCUT2D eigenvalue weighted by Gasteiger charge is -2.26. The van der Waals surface area contributed by atoms with E-state index in [9.17, 15) is 9.18 Å². The van der Waals surface area contributed by atoms with Gasteiger partial charge >= 0.3 is 0 Å². The molecule has 3 N–H and O–H groups in total. The third-order valence-electron chi connectivity index (χ3n) is 5.51. The summed E-state index contributed by atoms with van der Waals surface area (Å²) in [4.78, 5) is 12.6. The molecular formula is C23H25FN2O3. The Labute approximate surface area is 169 Å². The Morgan fingerprint density at radius 3 is 2.69 bits per heavy atom. The normalized spacial score (nSPS) is 22.3. The Kier molecular flexibility index (Phi) is 5.25. The maximum atomic E-state index is 13.8. The number of nitrogens with one attached hydrogen (secondary N) is 2. The second-order valence-electron chi connectivity index (χ2n) is 7.97. The fraction of sp³-hybridized carbons (Fsp3) is 0.348. The molecule has 0 aromatic heterocycles. The van der Waals surface area contributed by atoms with Crippen LogP contribution in [0, 0.1) is 5.82 Å². The van der Waals surface area contributed by atoms with E-state index in [1.165, 1.54) is 12.1 Å². The fourth-order valence-electron chi connectivity index (χ4n) is 4.11. The summed E-state index contributed by atoms with van der Waals surface area (Å²) < 4.78 is 20.0. The lowest BCUT2D eigenvalue weighted by molar-refractivity contribution is -0.120. The molecule has 2 atom stereocenters. The molecule has 2 aliphatic rings. The van der Waals surface area contributed by atoms with Gasteiger partial charge in [-0.3, -0.25) is 4.79 Å². The van der Waals surface area contributed by atoms with Crippen LogP contribution in [0.5, 0.6) is 0 Å². The number of anilines is 1. The largest absolute Gasteiger partial charge is 0.395 e. The second kappa shape index (κ2) is 7.71. The van der Waals surface area contributed by atoms with E-state index in [1.807, 2.05) is 44.2 Å². The fourth-order valence-corrected chi connectivity index (χ4v) is 4.11. The summed E-state index contributed by atoms with van der Waals surface area (Å²) in [6.07, 6.45) is 1.53. The number of fused-ring (bicyclic) bond motifs is 1. The number of ether oxygens (including phenoxy) is 1. The third-order valence-corrected chi connectivity index (χ3v) is 5.51. The SMILES string of the molecule is CC1(C)OC(C2C(=O)Nc3ccc(F)cc32)C=C1c1ccc(CNCCO)cc1. The molecule has 0 saturated heterocycles. The summed E-state index contributed by atoms with van der Waals surface area (Å²) in [6, 6.07) is 12.5. The Hall–Kier alpha value is -2.54. The number of hydrogen-bond donors (Lipinski definition) is 3. The molecule has 0 spiro atoms. The van der Waals surface area contributed by atoms with E-state index < -0.39 is 17.6 Å². The van der Waals surface area contributed by atoms with Gasteiger partial charge in [0, 0.05) is 18.8 Å². The predicted molar refractivity (Wildman–Crippen MR) is 110 cm³/mol. The van der Waals surface area contributed by atoms with Crippen LogP contribution in [0.3, 0.4) is 0 Å². The summed E-state index contributed by atoms with van der Waals surface area (Å²) in [6.45, 7) is 5.32. The lowest BCUT2D eigenvalue weighted by atomic mass is 9.90. The number of aliphatic hydroxyl groups is 1. The smallest absolute Gasteiger partial charge is 0.234 e. The maximum absolute atomic E-state index is 13.8. The van der Waals surface area contributed by atoms with Gasteiger partial charge in [-0.1, -0.05) is 24.3 Å². The zero-order valence-corrected chi connectivity index (χ0v) is 16.5. The van der Waals surface area contributed by atoms with Gasteiger partial charge in [0.15, 0.2) is 0 Å². The number of halogens is 1. The van der Waals surface area contributed by atoms with E-state index >= 15 is 0 Å². The first-order valence-corrected chi connectivity index (χ1v) is 9.80. The molecule has 5 nitrogen and oxygen atoms in total. The molecule has 0 bridgehead atoms. The summed E-state index contributed by atoms with van der Waals surface area (Å²) in [5, 5.41) is 14.8. The lowest BCUT2D eigenvalue weighted by Crippen LogP contribution is -2.30. The van der Waals surface area contributed by atoms with Crippen LogP contribution in [0.2, 0.25) is 0 Å². The molecular weight excluding hydrogens is 371 g/mol. The van der Waals surface area contributed by atoms with Crippen molar-refractivity contribution in [3.8, 4) is 0 Å². The van der Waals surface area contributed by atoms with Gasteiger partial charge in [-0.15, -0.1) is 0 Å². The first kappa shape index (κ1) is 19.8. The Morgan fingerprint density at radius 1 is 1.21 bits per heavy atom.